The molecule has 0 spiro atoms. The minimum Gasteiger partial charge on any atom is -0.312 e. The summed E-state index contributed by atoms with van der Waals surface area (Å²) in [5.74, 6) is 0. The summed E-state index contributed by atoms with van der Waals surface area (Å²) in [4.78, 5) is 12.1. The molecular weight excluding hydrogens is 216 g/mol. The molecule has 1 fully saturated rings. The molecular formula is C12H14N4O. The van der Waals surface area contributed by atoms with Crippen molar-refractivity contribution in [1.82, 2.24) is 20.3 Å². The van der Waals surface area contributed by atoms with Crippen LogP contribution < -0.4 is 10.9 Å². The molecule has 5 nitrogen and oxygen atoms in total. The Kier molecular flexibility index (Phi) is 2.60. The van der Waals surface area contributed by atoms with Crippen molar-refractivity contribution in [2.75, 3.05) is 6.54 Å². The van der Waals surface area contributed by atoms with Gasteiger partial charge in [-0.3, -0.25) is 4.79 Å². The standard InChI is InChI=1S/C12H14N4O/c17-12-10-3-1-2-4-11(10)14-15-16(12)8-7-13-9-5-6-9/h1-4,9,13H,5-8H2. The summed E-state index contributed by atoms with van der Waals surface area (Å²) in [6.45, 7) is 1.35. The molecule has 2 aromatic rings. The maximum absolute atomic E-state index is 12.1. The molecule has 1 aromatic carbocycles. The molecule has 0 bridgehead atoms. The lowest BCUT2D eigenvalue weighted by Gasteiger charge is -2.05. The SMILES string of the molecule is O=c1c2ccccc2nnn1CCNC1CC1. The molecule has 0 aliphatic heterocycles. The number of benzene rings is 1. The number of rotatable bonds is 4. The van der Waals surface area contributed by atoms with Crippen molar-refractivity contribution in [1.29, 1.82) is 0 Å². The third kappa shape index (κ3) is 2.19. The van der Waals surface area contributed by atoms with E-state index in [-0.39, 0.29) is 5.56 Å². The number of fused-ring (bicyclic) bond motifs is 1. The first kappa shape index (κ1) is 10.4. The Balaban J connectivity index is 1.83. The van der Waals surface area contributed by atoms with Gasteiger partial charge in [-0.25, -0.2) is 4.68 Å². The first-order valence-electron chi connectivity index (χ1n) is 5.90. The minimum absolute atomic E-state index is 0.0619. The van der Waals surface area contributed by atoms with E-state index in [4.69, 9.17) is 0 Å². The Labute approximate surface area is 98.4 Å². The predicted octanol–water partition coefficient (Wildman–Crippen LogP) is 0.543. The Bertz CT molecular complexity index is 588. The van der Waals surface area contributed by atoms with Gasteiger partial charge in [0.05, 0.1) is 11.9 Å². The van der Waals surface area contributed by atoms with E-state index >= 15 is 0 Å². The summed E-state index contributed by atoms with van der Waals surface area (Å²) in [7, 11) is 0. The van der Waals surface area contributed by atoms with Crippen molar-refractivity contribution in [2.24, 2.45) is 0 Å². The molecule has 1 N–H and O–H groups in total. The van der Waals surface area contributed by atoms with E-state index in [1.807, 2.05) is 12.1 Å². The topological polar surface area (TPSA) is 59.8 Å². The zero-order valence-corrected chi connectivity index (χ0v) is 9.47. The molecule has 1 saturated carbocycles. The van der Waals surface area contributed by atoms with Crippen LogP contribution in [0.1, 0.15) is 12.8 Å². The summed E-state index contributed by atoms with van der Waals surface area (Å²) in [6, 6.07) is 7.94. The van der Waals surface area contributed by atoms with Crippen LogP contribution in [0.4, 0.5) is 0 Å². The van der Waals surface area contributed by atoms with Crippen LogP contribution in [0.2, 0.25) is 0 Å². The zero-order chi connectivity index (χ0) is 11.7. The second kappa shape index (κ2) is 4.25. The van der Waals surface area contributed by atoms with Gasteiger partial charge in [-0.1, -0.05) is 17.3 Å². The molecule has 88 valence electrons. The zero-order valence-electron chi connectivity index (χ0n) is 9.47. The van der Waals surface area contributed by atoms with Crippen LogP contribution >= 0.6 is 0 Å². The summed E-state index contributed by atoms with van der Waals surface area (Å²) in [6.07, 6.45) is 2.50. The molecule has 1 heterocycles. The number of aromatic nitrogens is 3. The lowest BCUT2D eigenvalue weighted by molar-refractivity contribution is 0.512. The number of nitrogens with one attached hydrogen (secondary N) is 1. The van der Waals surface area contributed by atoms with Gasteiger partial charge in [-0.05, 0) is 25.0 Å². The van der Waals surface area contributed by atoms with E-state index in [0.29, 0.717) is 23.5 Å². The van der Waals surface area contributed by atoms with Crippen LogP contribution in [0.5, 0.6) is 0 Å². The number of hydrogen-bond acceptors (Lipinski definition) is 4. The lowest BCUT2D eigenvalue weighted by Crippen LogP contribution is -2.30. The first-order chi connectivity index (χ1) is 8.34. The fourth-order valence-electron chi connectivity index (χ4n) is 1.83. The van der Waals surface area contributed by atoms with Crippen LogP contribution in [0.3, 0.4) is 0 Å². The monoisotopic (exact) mass is 230 g/mol. The third-order valence-corrected chi connectivity index (χ3v) is 2.96. The van der Waals surface area contributed by atoms with Crippen LogP contribution in [-0.2, 0) is 6.54 Å². The van der Waals surface area contributed by atoms with Gasteiger partial charge in [0, 0.05) is 12.6 Å². The second-order valence-corrected chi connectivity index (χ2v) is 4.36. The largest absolute Gasteiger partial charge is 0.312 e. The summed E-state index contributed by atoms with van der Waals surface area (Å²) >= 11 is 0. The first-order valence-corrected chi connectivity index (χ1v) is 5.90. The van der Waals surface area contributed by atoms with Gasteiger partial charge in [-0.2, -0.15) is 0 Å². The average Bonchev–Trinajstić information content (AvgIpc) is 3.17. The molecule has 1 aliphatic rings. The quantitative estimate of drug-likeness (QED) is 0.833. The molecule has 1 aliphatic carbocycles. The highest BCUT2D eigenvalue weighted by Crippen LogP contribution is 2.17. The van der Waals surface area contributed by atoms with Gasteiger partial charge in [0.1, 0.15) is 5.52 Å². The fraction of sp³-hybridized carbons (Fsp3) is 0.417. The molecule has 5 heteroatoms. The van der Waals surface area contributed by atoms with Crippen molar-refractivity contribution in [3.8, 4) is 0 Å². The molecule has 0 saturated heterocycles. The predicted molar refractivity (Wildman–Crippen MR) is 64.8 cm³/mol. The highest BCUT2D eigenvalue weighted by atomic mass is 16.1. The van der Waals surface area contributed by atoms with E-state index in [0.717, 1.165) is 6.54 Å². The van der Waals surface area contributed by atoms with Gasteiger partial charge in [-0.15, -0.1) is 5.10 Å². The third-order valence-electron chi connectivity index (χ3n) is 2.96. The average molecular weight is 230 g/mol. The summed E-state index contributed by atoms with van der Waals surface area (Å²) in [5, 5.41) is 12.0. The Morgan fingerprint density at radius 1 is 1.35 bits per heavy atom. The maximum atomic E-state index is 12.1. The van der Waals surface area contributed by atoms with E-state index < -0.39 is 0 Å². The summed E-state index contributed by atoms with van der Waals surface area (Å²) < 4.78 is 1.43. The van der Waals surface area contributed by atoms with E-state index in [1.165, 1.54) is 17.5 Å². The Morgan fingerprint density at radius 3 is 3.00 bits per heavy atom. The normalized spacial score (nSPS) is 15.3. The van der Waals surface area contributed by atoms with Crippen molar-refractivity contribution < 1.29 is 0 Å². The van der Waals surface area contributed by atoms with E-state index in [9.17, 15) is 4.79 Å². The molecule has 0 atom stereocenters. The van der Waals surface area contributed by atoms with Crippen LogP contribution in [-0.4, -0.2) is 27.6 Å². The smallest absolute Gasteiger partial charge is 0.277 e. The molecule has 17 heavy (non-hydrogen) atoms. The molecule has 3 rings (SSSR count). The van der Waals surface area contributed by atoms with Gasteiger partial charge in [0.2, 0.25) is 0 Å². The van der Waals surface area contributed by atoms with Gasteiger partial charge in [0.25, 0.3) is 5.56 Å². The van der Waals surface area contributed by atoms with Gasteiger partial charge >= 0.3 is 0 Å². The number of nitrogens with zero attached hydrogens (tertiary/aromatic N) is 3. The second-order valence-electron chi connectivity index (χ2n) is 4.36. The molecule has 0 unspecified atom stereocenters. The van der Waals surface area contributed by atoms with Crippen molar-refractivity contribution in [3.05, 3.63) is 34.6 Å². The minimum atomic E-state index is -0.0619. The Morgan fingerprint density at radius 2 is 2.18 bits per heavy atom. The van der Waals surface area contributed by atoms with Crippen LogP contribution in [0.15, 0.2) is 29.1 Å². The van der Waals surface area contributed by atoms with E-state index in [2.05, 4.69) is 15.6 Å². The van der Waals surface area contributed by atoms with E-state index in [1.54, 1.807) is 12.1 Å². The molecule has 0 amide bonds. The molecule has 0 radical (unpaired) electrons. The van der Waals surface area contributed by atoms with Gasteiger partial charge < -0.3 is 5.32 Å². The van der Waals surface area contributed by atoms with Crippen molar-refractivity contribution in [3.63, 3.8) is 0 Å². The van der Waals surface area contributed by atoms with Crippen molar-refractivity contribution >= 4 is 10.9 Å². The highest BCUT2D eigenvalue weighted by molar-refractivity contribution is 5.76. The van der Waals surface area contributed by atoms with Crippen molar-refractivity contribution in [2.45, 2.75) is 25.4 Å². The van der Waals surface area contributed by atoms with Crippen LogP contribution in [0.25, 0.3) is 10.9 Å². The summed E-state index contributed by atoms with van der Waals surface area (Å²) in [5.41, 5.74) is 0.595. The fourth-order valence-corrected chi connectivity index (χ4v) is 1.83. The maximum Gasteiger partial charge on any atom is 0.277 e. The molecule has 1 aromatic heterocycles. The Hall–Kier alpha value is -1.75. The highest BCUT2D eigenvalue weighted by Gasteiger charge is 2.19. The van der Waals surface area contributed by atoms with Crippen LogP contribution in [0, 0.1) is 0 Å². The van der Waals surface area contributed by atoms with Gasteiger partial charge in [0.15, 0.2) is 0 Å². The lowest BCUT2D eigenvalue weighted by atomic mass is 10.2. The number of hydrogen-bond donors (Lipinski definition) is 1.